The van der Waals surface area contributed by atoms with Gasteiger partial charge in [-0.2, -0.15) is 0 Å². The van der Waals surface area contributed by atoms with E-state index in [0.29, 0.717) is 17.8 Å². The molecule has 0 spiro atoms. The summed E-state index contributed by atoms with van der Waals surface area (Å²) in [6, 6.07) is 0. The van der Waals surface area contributed by atoms with E-state index in [-0.39, 0.29) is 11.5 Å². The van der Waals surface area contributed by atoms with Crippen molar-refractivity contribution in [3.05, 3.63) is 11.1 Å². The molecular weight excluding hydrogens is 196 g/mol. The molecule has 3 rings (SSSR count). The van der Waals surface area contributed by atoms with Crippen molar-refractivity contribution >= 4 is 0 Å². The Bertz CT molecular complexity index is 352. The van der Waals surface area contributed by atoms with Crippen LogP contribution in [0, 0.1) is 29.1 Å². The fourth-order valence-electron chi connectivity index (χ4n) is 5.09. The second kappa shape index (κ2) is 3.13. The van der Waals surface area contributed by atoms with Crippen LogP contribution >= 0.6 is 0 Å². The Hall–Kier alpha value is -0.300. The second-order valence-electron chi connectivity index (χ2n) is 6.92. The van der Waals surface area contributed by atoms with Gasteiger partial charge in [-0.15, -0.1) is 0 Å². The van der Waals surface area contributed by atoms with E-state index in [4.69, 9.17) is 0 Å². The minimum absolute atomic E-state index is 0.0388. The number of allylic oxidation sites excluding steroid dienone is 2. The molecule has 3 aliphatic carbocycles. The minimum atomic E-state index is -0.0388. The molecule has 0 amide bonds. The summed E-state index contributed by atoms with van der Waals surface area (Å²) in [6.45, 7) is 9.19. The van der Waals surface area contributed by atoms with E-state index in [1.54, 1.807) is 5.57 Å². The maximum Gasteiger partial charge on any atom is 0.0636 e. The van der Waals surface area contributed by atoms with Gasteiger partial charge in [-0.3, -0.25) is 0 Å². The quantitative estimate of drug-likeness (QED) is 0.620. The smallest absolute Gasteiger partial charge is 0.0636 e. The van der Waals surface area contributed by atoms with Crippen molar-refractivity contribution in [2.45, 2.75) is 53.1 Å². The first-order valence-corrected chi connectivity index (χ1v) is 6.81. The summed E-state index contributed by atoms with van der Waals surface area (Å²) in [5, 5.41) is 10.6. The van der Waals surface area contributed by atoms with Crippen molar-refractivity contribution < 1.29 is 5.11 Å². The van der Waals surface area contributed by atoms with E-state index < -0.39 is 0 Å². The molecule has 1 N–H and O–H groups in total. The van der Waals surface area contributed by atoms with Crippen LogP contribution < -0.4 is 0 Å². The van der Waals surface area contributed by atoms with Crippen LogP contribution in [0.25, 0.3) is 0 Å². The lowest BCUT2D eigenvalue weighted by Gasteiger charge is -2.38. The van der Waals surface area contributed by atoms with E-state index in [9.17, 15) is 5.11 Å². The van der Waals surface area contributed by atoms with Gasteiger partial charge < -0.3 is 5.11 Å². The fraction of sp³-hybridized carbons (Fsp3) is 0.867. The Morgan fingerprint density at radius 1 is 1.31 bits per heavy atom. The maximum absolute atomic E-state index is 10.6. The molecule has 6 atom stereocenters. The van der Waals surface area contributed by atoms with E-state index in [0.717, 1.165) is 12.3 Å². The van der Waals surface area contributed by atoms with Crippen LogP contribution in [0.5, 0.6) is 0 Å². The molecule has 3 saturated carbocycles. The molecule has 0 saturated heterocycles. The third-order valence-electron chi connectivity index (χ3n) is 5.94. The zero-order valence-corrected chi connectivity index (χ0v) is 11.0. The molecular formula is C15H24O. The lowest BCUT2D eigenvalue weighted by molar-refractivity contribution is 0.00545. The van der Waals surface area contributed by atoms with Crippen molar-refractivity contribution in [2.24, 2.45) is 29.1 Å². The highest BCUT2D eigenvalue weighted by atomic mass is 16.3. The third kappa shape index (κ3) is 1.06. The van der Waals surface area contributed by atoms with E-state index in [1.165, 1.54) is 18.4 Å². The van der Waals surface area contributed by atoms with Crippen LogP contribution in [0.4, 0.5) is 0 Å². The Morgan fingerprint density at radius 3 is 2.62 bits per heavy atom. The normalized spacial score (nSPS) is 54.6. The van der Waals surface area contributed by atoms with Gasteiger partial charge in [0.1, 0.15) is 0 Å². The molecule has 0 heterocycles. The Kier molecular flexibility index (Phi) is 2.12. The molecule has 90 valence electrons. The van der Waals surface area contributed by atoms with Crippen LogP contribution in [0.3, 0.4) is 0 Å². The summed E-state index contributed by atoms with van der Waals surface area (Å²) >= 11 is 0. The Balaban J connectivity index is 2.10. The van der Waals surface area contributed by atoms with Gasteiger partial charge in [-0.1, -0.05) is 31.4 Å². The van der Waals surface area contributed by atoms with Gasteiger partial charge in [-0.05, 0) is 50.4 Å². The molecule has 0 unspecified atom stereocenters. The van der Waals surface area contributed by atoms with Gasteiger partial charge >= 0.3 is 0 Å². The molecule has 1 nitrogen and oxygen atoms in total. The van der Waals surface area contributed by atoms with E-state index in [2.05, 4.69) is 27.7 Å². The SMILES string of the molecule is CC(C)=C1C[C@]2(C)[C@H](O)[C@@H]3[C@H]1[C@@H]2CC[C@@H]3C. The highest BCUT2D eigenvalue weighted by Gasteiger charge is 2.65. The van der Waals surface area contributed by atoms with Crippen LogP contribution in [-0.2, 0) is 0 Å². The van der Waals surface area contributed by atoms with Gasteiger partial charge in [0.25, 0.3) is 0 Å². The van der Waals surface area contributed by atoms with Gasteiger partial charge in [0.2, 0.25) is 0 Å². The molecule has 3 fully saturated rings. The first-order chi connectivity index (χ1) is 7.47. The highest BCUT2D eigenvalue weighted by Crippen LogP contribution is 2.69. The van der Waals surface area contributed by atoms with Gasteiger partial charge in [-0.25, -0.2) is 0 Å². The molecule has 0 radical (unpaired) electrons. The first kappa shape index (κ1) is 10.8. The summed E-state index contributed by atoms with van der Waals surface area (Å²) in [5.74, 6) is 2.76. The summed E-state index contributed by atoms with van der Waals surface area (Å²) in [5.41, 5.74) is 3.41. The molecule has 16 heavy (non-hydrogen) atoms. The average molecular weight is 220 g/mol. The van der Waals surface area contributed by atoms with Crippen LogP contribution in [0.15, 0.2) is 11.1 Å². The molecule has 4 bridgehead atoms. The minimum Gasteiger partial charge on any atom is -0.392 e. The maximum atomic E-state index is 10.6. The lowest BCUT2D eigenvalue weighted by Crippen LogP contribution is -2.37. The summed E-state index contributed by atoms with van der Waals surface area (Å²) in [7, 11) is 0. The molecule has 0 aromatic rings. The van der Waals surface area contributed by atoms with Gasteiger partial charge in [0.05, 0.1) is 6.10 Å². The fourth-order valence-corrected chi connectivity index (χ4v) is 5.09. The predicted octanol–water partition coefficient (Wildman–Crippen LogP) is 3.39. The number of aliphatic hydroxyl groups excluding tert-OH is 1. The summed E-state index contributed by atoms with van der Waals surface area (Å²) < 4.78 is 0. The van der Waals surface area contributed by atoms with Crippen molar-refractivity contribution in [3.63, 3.8) is 0 Å². The van der Waals surface area contributed by atoms with Crippen molar-refractivity contribution in [3.8, 4) is 0 Å². The monoisotopic (exact) mass is 220 g/mol. The summed E-state index contributed by atoms with van der Waals surface area (Å²) in [4.78, 5) is 0. The number of aliphatic hydroxyl groups is 1. The molecule has 1 heteroatoms. The molecule has 0 aromatic carbocycles. The number of rotatable bonds is 0. The topological polar surface area (TPSA) is 20.2 Å². The van der Waals surface area contributed by atoms with Crippen LogP contribution in [0.2, 0.25) is 0 Å². The number of hydrogen-bond acceptors (Lipinski definition) is 1. The van der Waals surface area contributed by atoms with Crippen LogP contribution in [-0.4, -0.2) is 11.2 Å². The largest absolute Gasteiger partial charge is 0.392 e. The number of hydrogen-bond donors (Lipinski definition) is 1. The van der Waals surface area contributed by atoms with E-state index in [1.807, 2.05) is 0 Å². The van der Waals surface area contributed by atoms with Gasteiger partial charge in [0, 0.05) is 5.41 Å². The third-order valence-corrected chi connectivity index (χ3v) is 5.94. The zero-order chi connectivity index (χ0) is 11.7. The Labute approximate surface area is 98.9 Å². The van der Waals surface area contributed by atoms with Gasteiger partial charge in [0.15, 0.2) is 0 Å². The Morgan fingerprint density at radius 2 is 2.00 bits per heavy atom. The predicted molar refractivity (Wildman–Crippen MR) is 66.0 cm³/mol. The van der Waals surface area contributed by atoms with Crippen molar-refractivity contribution in [1.29, 1.82) is 0 Å². The van der Waals surface area contributed by atoms with Crippen molar-refractivity contribution in [2.75, 3.05) is 0 Å². The molecule has 0 aliphatic heterocycles. The molecule has 3 aliphatic rings. The summed E-state index contributed by atoms with van der Waals surface area (Å²) in [6.07, 6.45) is 3.79. The lowest BCUT2D eigenvalue weighted by atomic mass is 9.69. The highest BCUT2D eigenvalue weighted by molar-refractivity contribution is 5.32. The zero-order valence-electron chi connectivity index (χ0n) is 11.0. The van der Waals surface area contributed by atoms with Crippen molar-refractivity contribution in [1.82, 2.24) is 0 Å². The average Bonchev–Trinajstić information content (AvgIpc) is 2.59. The second-order valence-corrected chi connectivity index (χ2v) is 6.92. The standard InChI is InChI=1S/C15H24O/c1-8(2)10-7-15(4)11-6-5-9(3)12(13(10)11)14(15)16/h9,11-14,16H,5-7H2,1-4H3/t9-,11-,12-,13+,14+,15-/m0/s1. The first-order valence-electron chi connectivity index (χ1n) is 6.81. The van der Waals surface area contributed by atoms with Crippen LogP contribution in [0.1, 0.15) is 47.0 Å². The van der Waals surface area contributed by atoms with E-state index >= 15 is 0 Å². The molecule has 0 aromatic heterocycles.